The van der Waals surface area contributed by atoms with Crippen molar-refractivity contribution in [3.05, 3.63) is 89.6 Å². The van der Waals surface area contributed by atoms with Crippen molar-refractivity contribution < 1.29 is 31.3 Å². The number of anilines is 1. The summed E-state index contributed by atoms with van der Waals surface area (Å²) in [6.45, 7) is 1.27. The van der Waals surface area contributed by atoms with Gasteiger partial charge in [0.2, 0.25) is 5.76 Å². The van der Waals surface area contributed by atoms with Crippen molar-refractivity contribution in [3.63, 3.8) is 0 Å². The Hall–Kier alpha value is -3.92. The summed E-state index contributed by atoms with van der Waals surface area (Å²) in [6.07, 6.45) is 1.49. The van der Waals surface area contributed by atoms with Gasteiger partial charge in [0.1, 0.15) is 18.1 Å². The number of para-hydroxylation sites is 1. The van der Waals surface area contributed by atoms with Gasteiger partial charge in [-0.2, -0.15) is 0 Å². The van der Waals surface area contributed by atoms with Crippen molar-refractivity contribution in [3.8, 4) is 11.5 Å². The zero-order valence-electron chi connectivity index (χ0n) is 16.7. The molecule has 4 aromatic rings. The Morgan fingerprint density at radius 2 is 1.91 bits per heavy atom. The van der Waals surface area contributed by atoms with Crippen LogP contribution in [0.2, 0.25) is 0 Å². The molecule has 8 nitrogen and oxygen atoms in total. The molecule has 0 radical (unpaired) electrons. The Balaban J connectivity index is 1.49. The number of nitrogens with zero attached hydrogens (tertiary/aromatic N) is 1. The van der Waals surface area contributed by atoms with E-state index in [1.165, 1.54) is 31.4 Å². The lowest BCUT2D eigenvalue weighted by molar-refractivity contribution is 0.0465. The average molecular weight is 456 g/mol. The van der Waals surface area contributed by atoms with Crippen LogP contribution < -0.4 is 4.72 Å². The highest BCUT2D eigenvalue weighted by atomic mass is 32.2. The van der Waals surface area contributed by atoms with Gasteiger partial charge in [0.25, 0.3) is 10.0 Å². The summed E-state index contributed by atoms with van der Waals surface area (Å²) >= 11 is 0. The van der Waals surface area contributed by atoms with Crippen molar-refractivity contribution in [1.29, 1.82) is 0 Å². The number of ether oxygens (including phenoxy) is 1. The van der Waals surface area contributed by atoms with Crippen molar-refractivity contribution in [2.75, 3.05) is 4.72 Å². The van der Waals surface area contributed by atoms with Gasteiger partial charge in [-0.3, -0.25) is 4.72 Å². The van der Waals surface area contributed by atoms with E-state index in [9.17, 15) is 17.6 Å². The molecule has 164 valence electrons. The second-order valence-corrected chi connectivity index (χ2v) is 8.48. The number of rotatable bonds is 7. The van der Waals surface area contributed by atoms with E-state index in [-0.39, 0.29) is 28.3 Å². The minimum Gasteiger partial charge on any atom is -0.461 e. The summed E-state index contributed by atoms with van der Waals surface area (Å²) in [7, 11) is -4.06. The SMILES string of the molecule is Cc1cc(S(=O)(=O)Nc2ccccc2C(=O)OCc2cc(-c3ccco3)on2)ccc1F. The fraction of sp³-hybridized carbons (Fsp3) is 0.0909. The standard InChI is InChI=1S/C22H17FN2O6S/c1-14-11-16(8-9-18(14)23)32(27,28)25-19-6-3-2-5-17(19)22(26)30-13-15-12-21(31-24-15)20-7-4-10-29-20/h2-12,25H,13H2,1H3. The highest BCUT2D eigenvalue weighted by molar-refractivity contribution is 7.92. The molecule has 0 saturated heterocycles. The predicted molar refractivity (Wildman–Crippen MR) is 112 cm³/mol. The Labute approximate surface area is 182 Å². The summed E-state index contributed by atoms with van der Waals surface area (Å²) in [4.78, 5) is 12.5. The molecule has 0 atom stereocenters. The molecule has 0 aliphatic rings. The number of benzene rings is 2. The van der Waals surface area contributed by atoms with Crippen LogP contribution in [0, 0.1) is 12.7 Å². The van der Waals surface area contributed by atoms with Crippen molar-refractivity contribution in [2.24, 2.45) is 0 Å². The van der Waals surface area contributed by atoms with E-state index in [0.717, 1.165) is 12.1 Å². The van der Waals surface area contributed by atoms with Gasteiger partial charge in [-0.05, 0) is 55.0 Å². The number of hydrogen-bond donors (Lipinski definition) is 1. The normalized spacial score (nSPS) is 11.3. The number of halogens is 1. The lowest BCUT2D eigenvalue weighted by atomic mass is 10.2. The van der Waals surface area contributed by atoms with E-state index >= 15 is 0 Å². The maximum absolute atomic E-state index is 13.5. The van der Waals surface area contributed by atoms with Crippen molar-refractivity contribution in [1.82, 2.24) is 5.16 Å². The van der Waals surface area contributed by atoms with Gasteiger partial charge in [-0.1, -0.05) is 17.3 Å². The summed E-state index contributed by atoms with van der Waals surface area (Å²) in [5, 5.41) is 3.82. The molecule has 2 aromatic heterocycles. The Morgan fingerprint density at radius 1 is 1.09 bits per heavy atom. The molecule has 0 aliphatic heterocycles. The third kappa shape index (κ3) is 4.54. The zero-order valence-corrected chi connectivity index (χ0v) is 17.6. The van der Waals surface area contributed by atoms with Crippen molar-refractivity contribution in [2.45, 2.75) is 18.4 Å². The van der Waals surface area contributed by atoms with E-state index in [0.29, 0.717) is 17.2 Å². The molecule has 32 heavy (non-hydrogen) atoms. The van der Waals surface area contributed by atoms with Gasteiger partial charge < -0.3 is 13.7 Å². The molecule has 4 rings (SSSR count). The largest absolute Gasteiger partial charge is 0.461 e. The Morgan fingerprint density at radius 3 is 2.66 bits per heavy atom. The van der Waals surface area contributed by atoms with E-state index in [4.69, 9.17) is 13.7 Å². The van der Waals surface area contributed by atoms with E-state index in [2.05, 4.69) is 9.88 Å². The predicted octanol–water partition coefficient (Wildman–Crippen LogP) is 4.54. The first-order valence-corrected chi connectivity index (χ1v) is 10.9. The first-order chi connectivity index (χ1) is 15.3. The molecule has 0 aliphatic carbocycles. The fourth-order valence-corrected chi connectivity index (χ4v) is 4.03. The van der Waals surface area contributed by atoms with Gasteiger partial charge in [0.15, 0.2) is 5.76 Å². The van der Waals surface area contributed by atoms with Crippen molar-refractivity contribution >= 4 is 21.7 Å². The van der Waals surface area contributed by atoms with E-state index < -0.39 is 21.8 Å². The molecule has 10 heteroatoms. The number of carbonyl (C=O) groups is 1. The number of furan rings is 1. The molecule has 1 N–H and O–H groups in total. The molecule has 0 saturated carbocycles. The van der Waals surface area contributed by atoms with Crippen LogP contribution in [0.25, 0.3) is 11.5 Å². The van der Waals surface area contributed by atoms with Crippen LogP contribution in [-0.2, 0) is 21.4 Å². The summed E-state index contributed by atoms with van der Waals surface area (Å²) in [6, 6.07) is 14.4. The smallest absolute Gasteiger partial charge is 0.340 e. The van der Waals surface area contributed by atoms with Crippen LogP contribution >= 0.6 is 0 Å². The molecule has 0 unspecified atom stereocenters. The van der Waals surface area contributed by atoms with Gasteiger partial charge in [-0.25, -0.2) is 17.6 Å². The molecule has 0 spiro atoms. The van der Waals surface area contributed by atoms with Crippen LogP contribution in [0.15, 0.2) is 80.8 Å². The Kier molecular flexibility index (Phi) is 5.78. The molecular formula is C22H17FN2O6S. The van der Waals surface area contributed by atoms with Gasteiger partial charge in [0.05, 0.1) is 22.4 Å². The number of aromatic nitrogens is 1. The molecular weight excluding hydrogens is 439 g/mol. The monoisotopic (exact) mass is 456 g/mol. The molecule has 2 aromatic carbocycles. The van der Waals surface area contributed by atoms with Gasteiger partial charge in [-0.15, -0.1) is 0 Å². The first kappa shape index (κ1) is 21.3. The zero-order chi connectivity index (χ0) is 22.7. The number of hydrogen-bond acceptors (Lipinski definition) is 7. The number of sulfonamides is 1. The maximum Gasteiger partial charge on any atom is 0.340 e. The average Bonchev–Trinajstić information content (AvgIpc) is 3.46. The lowest BCUT2D eigenvalue weighted by Gasteiger charge is -2.12. The highest BCUT2D eigenvalue weighted by Crippen LogP contribution is 2.24. The quantitative estimate of drug-likeness (QED) is 0.406. The number of aryl methyl sites for hydroxylation is 1. The number of carbonyl (C=O) groups excluding carboxylic acids is 1. The van der Waals surface area contributed by atoms with Gasteiger partial charge >= 0.3 is 5.97 Å². The summed E-state index contributed by atoms with van der Waals surface area (Å²) < 4.78 is 56.9. The van der Waals surface area contributed by atoms with Gasteiger partial charge in [0, 0.05) is 6.07 Å². The minimum absolute atomic E-state index is 0.00432. The highest BCUT2D eigenvalue weighted by Gasteiger charge is 2.20. The van der Waals surface area contributed by atoms with Crippen LogP contribution in [0.1, 0.15) is 21.6 Å². The summed E-state index contributed by atoms with van der Waals surface area (Å²) in [5.41, 5.74) is 0.562. The second-order valence-electron chi connectivity index (χ2n) is 6.80. The minimum atomic E-state index is -4.06. The fourth-order valence-electron chi connectivity index (χ4n) is 2.87. The first-order valence-electron chi connectivity index (χ1n) is 9.38. The Bertz CT molecular complexity index is 1360. The molecule has 0 amide bonds. The summed E-state index contributed by atoms with van der Waals surface area (Å²) in [5.74, 6) is -0.424. The van der Waals surface area contributed by atoms with Crippen LogP contribution in [0.4, 0.5) is 10.1 Å². The van der Waals surface area contributed by atoms with Crippen LogP contribution in [0.3, 0.4) is 0 Å². The third-order valence-corrected chi connectivity index (χ3v) is 5.87. The molecule has 0 bridgehead atoms. The molecule has 2 heterocycles. The van der Waals surface area contributed by atoms with E-state index in [1.54, 1.807) is 30.3 Å². The number of nitrogens with one attached hydrogen (secondary N) is 1. The molecule has 0 fully saturated rings. The van der Waals surface area contributed by atoms with Crippen LogP contribution in [0.5, 0.6) is 0 Å². The van der Waals surface area contributed by atoms with Crippen LogP contribution in [-0.4, -0.2) is 19.5 Å². The maximum atomic E-state index is 13.5. The number of esters is 1. The van der Waals surface area contributed by atoms with E-state index in [1.807, 2.05) is 0 Å². The third-order valence-electron chi connectivity index (χ3n) is 4.51. The second kappa shape index (κ2) is 8.67. The topological polar surface area (TPSA) is 112 Å². The lowest BCUT2D eigenvalue weighted by Crippen LogP contribution is -2.16.